The zero-order valence-corrected chi connectivity index (χ0v) is 11.3. The molecule has 0 spiro atoms. The minimum atomic E-state index is -3.27. The minimum Gasteiger partial charge on any atom is -0.508 e. The van der Waals surface area contributed by atoms with Gasteiger partial charge < -0.3 is 10.8 Å². The molecule has 1 fully saturated rings. The van der Waals surface area contributed by atoms with Crippen LogP contribution in [0.25, 0.3) is 0 Å². The van der Waals surface area contributed by atoms with Crippen LogP contribution in [-0.4, -0.2) is 19.8 Å². The van der Waals surface area contributed by atoms with Crippen LogP contribution in [0, 0.1) is 0 Å². The molecule has 2 rings (SSSR count). The molecule has 0 heterocycles. The van der Waals surface area contributed by atoms with Gasteiger partial charge in [-0.2, -0.15) is 0 Å². The highest BCUT2D eigenvalue weighted by atomic mass is 32.2. The van der Waals surface area contributed by atoms with Gasteiger partial charge in [0, 0.05) is 17.4 Å². The van der Waals surface area contributed by atoms with Gasteiger partial charge in [0.05, 0.1) is 4.90 Å². The van der Waals surface area contributed by atoms with Crippen LogP contribution in [0.3, 0.4) is 0 Å². The fourth-order valence-electron chi connectivity index (χ4n) is 2.60. The molecule has 3 N–H and O–H groups in total. The Balaban J connectivity index is 2.49. The van der Waals surface area contributed by atoms with Crippen molar-refractivity contribution in [1.82, 2.24) is 0 Å². The average molecular weight is 269 g/mol. The van der Waals surface area contributed by atoms with E-state index in [-0.39, 0.29) is 10.6 Å². The van der Waals surface area contributed by atoms with E-state index in [4.69, 9.17) is 5.73 Å². The number of hydrogen-bond donors (Lipinski definition) is 2. The topological polar surface area (TPSA) is 80.4 Å². The SMILES string of the molecule is CS(=O)(=O)c1ccc(O)c(C2(N)CCCCC2)c1. The molecule has 5 heteroatoms. The number of nitrogens with two attached hydrogens (primary N) is 1. The molecule has 1 aromatic carbocycles. The maximum Gasteiger partial charge on any atom is 0.175 e. The second kappa shape index (κ2) is 4.55. The third kappa shape index (κ3) is 2.52. The van der Waals surface area contributed by atoms with Crippen LogP contribution in [0.2, 0.25) is 0 Å². The molecular formula is C13H19NO3S. The van der Waals surface area contributed by atoms with E-state index in [0.29, 0.717) is 5.56 Å². The zero-order valence-electron chi connectivity index (χ0n) is 10.5. The van der Waals surface area contributed by atoms with E-state index in [1.54, 1.807) is 0 Å². The first-order valence-corrected chi connectivity index (χ1v) is 8.04. The van der Waals surface area contributed by atoms with E-state index < -0.39 is 15.4 Å². The maximum absolute atomic E-state index is 11.6. The van der Waals surface area contributed by atoms with Crippen molar-refractivity contribution < 1.29 is 13.5 Å². The van der Waals surface area contributed by atoms with Gasteiger partial charge in [-0.1, -0.05) is 19.3 Å². The number of benzene rings is 1. The Hall–Kier alpha value is -1.07. The third-order valence-corrected chi connectivity index (χ3v) is 4.79. The molecule has 0 radical (unpaired) electrons. The summed E-state index contributed by atoms with van der Waals surface area (Å²) in [4.78, 5) is 0.214. The van der Waals surface area contributed by atoms with E-state index in [1.807, 2.05) is 0 Å². The number of phenols is 1. The zero-order chi connectivity index (χ0) is 13.4. The molecular weight excluding hydrogens is 250 g/mol. The fraction of sp³-hybridized carbons (Fsp3) is 0.538. The van der Waals surface area contributed by atoms with Gasteiger partial charge in [0.25, 0.3) is 0 Å². The summed E-state index contributed by atoms with van der Waals surface area (Å²) >= 11 is 0. The molecule has 0 amide bonds. The minimum absolute atomic E-state index is 0.0896. The van der Waals surface area contributed by atoms with Crippen molar-refractivity contribution in [2.45, 2.75) is 42.5 Å². The predicted octanol–water partition coefficient (Wildman–Crippen LogP) is 1.91. The predicted molar refractivity (Wildman–Crippen MR) is 70.2 cm³/mol. The summed E-state index contributed by atoms with van der Waals surface area (Å²) in [6.07, 6.45) is 5.90. The summed E-state index contributed by atoms with van der Waals surface area (Å²) in [5.41, 5.74) is 6.30. The molecule has 0 unspecified atom stereocenters. The number of aromatic hydroxyl groups is 1. The summed E-state index contributed by atoms with van der Waals surface area (Å²) < 4.78 is 23.1. The first-order chi connectivity index (χ1) is 8.33. The summed E-state index contributed by atoms with van der Waals surface area (Å²) in [6.45, 7) is 0. The van der Waals surface area contributed by atoms with Crippen LogP contribution in [0.4, 0.5) is 0 Å². The van der Waals surface area contributed by atoms with Crippen molar-refractivity contribution in [3.05, 3.63) is 23.8 Å². The second-order valence-corrected chi connectivity index (χ2v) is 7.18. The highest BCUT2D eigenvalue weighted by molar-refractivity contribution is 7.90. The van der Waals surface area contributed by atoms with Gasteiger partial charge in [-0.05, 0) is 31.0 Å². The van der Waals surface area contributed by atoms with E-state index in [0.717, 1.165) is 38.4 Å². The quantitative estimate of drug-likeness (QED) is 0.859. The summed E-state index contributed by atoms with van der Waals surface area (Å²) in [5.74, 6) is 0.0896. The molecule has 0 saturated heterocycles. The molecule has 1 aliphatic rings. The first-order valence-electron chi connectivity index (χ1n) is 6.15. The van der Waals surface area contributed by atoms with Gasteiger partial charge in [0.1, 0.15) is 5.75 Å². The molecule has 1 saturated carbocycles. The van der Waals surface area contributed by atoms with E-state index in [2.05, 4.69) is 0 Å². The van der Waals surface area contributed by atoms with Gasteiger partial charge in [-0.25, -0.2) is 8.42 Å². The average Bonchev–Trinajstić information content (AvgIpc) is 2.28. The lowest BCUT2D eigenvalue weighted by atomic mass is 9.77. The molecule has 0 atom stereocenters. The lowest BCUT2D eigenvalue weighted by Gasteiger charge is -2.34. The van der Waals surface area contributed by atoms with Crippen LogP contribution >= 0.6 is 0 Å². The first kappa shape index (κ1) is 13.4. The molecule has 1 aromatic rings. The van der Waals surface area contributed by atoms with E-state index >= 15 is 0 Å². The van der Waals surface area contributed by atoms with Crippen LogP contribution in [0.1, 0.15) is 37.7 Å². The maximum atomic E-state index is 11.6. The van der Waals surface area contributed by atoms with Crippen LogP contribution in [0.5, 0.6) is 5.75 Å². The molecule has 4 nitrogen and oxygen atoms in total. The Kier molecular flexibility index (Phi) is 3.38. The fourth-order valence-corrected chi connectivity index (χ4v) is 3.24. The van der Waals surface area contributed by atoms with E-state index in [9.17, 15) is 13.5 Å². The summed E-state index contributed by atoms with van der Waals surface area (Å²) in [7, 11) is -3.27. The Labute approximate surface area is 108 Å². The Morgan fingerprint density at radius 3 is 2.39 bits per heavy atom. The van der Waals surface area contributed by atoms with Crippen LogP contribution in [0.15, 0.2) is 23.1 Å². The van der Waals surface area contributed by atoms with E-state index in [1.165, 1.54) is 18.2 Å². The van der Waals surface area contributed by atoms with Gasteiger partial charge in [0.15, 0.2) is 9.84 Å². The highest BCUT2D eigenvalue weighted by Crippen LogP contribution is 2.39. The molecule has 0 aromatic heterocycles. The number of sulfone groups is 1. The standard InChI is InChI=1S/C13H19NO3S/c1-18(16,17)10-5-6-12(15)11(9-10)13(14)7-3-2-4-8-13/h5-6,9,15H,2-4,7-8,14H2,1H3. The van der Waals surface area contributed by atoms with Crippen molar-refractivity contribution >= 4 is 9.84 Å². The van der Waals surface area contributed by atoms with Crippen molar-refractivity contribution in [2.24, 2.45) is 5.73 Å². The Bertz CT molecular complexity index is 545. The Morgan fingerprint density at radius 2 is 1.83 bits per heavy atom. The largest absolute Gasteiger partial charge is 0.508 e. The highest BCUT2D eigenvalue weighted by Gasteiger charge is 2.32. The second-order valence-electron chi connectivity index (χ2n) is 5.17. The monoisotopic (exact) mass is 269 g/mol. The Morgan fingerprint density at radius 1 is 1.22 bits per heavy atom. The lowest BCUT2D eigenvalue weighted by molar-refractivity contribution is 0.291. The van der Waals surface area contributed by atoms with Gasteiger partial charge in [0.2, 0.25) is 0 Å². The van der Waals surface area contributed by atoms with Crippen molar-refractivity contribution in [3.8, 4) is 5.75 Å². The van der Waals surface area contributed by atoms with Crippen LogP contribution < -0.4 is 5.73 Å². The number of phenolic OH excluding ortho intramolecular Hbond substituents is 1. The lowest BCUT2D eigenvalue weighted by Crippen LogP contribution is -2.38. The molecule has 100 valence electrons. The van der Waals surface area contributed by atoms with Crippen molar-refractivity contribution in [3.63, 3.8) is 0 Å². The van der Waals surface area contributed by atoms with Gasteiger partial charge in [-0.15, -0.1) is 0 Å². The van der Waals surface area contributed by atoms with Gasteiger partial charge >= 0.3 is 0 Å². The summed E-state index contributed by atoms with van der Waals surface area (Å²) in [6, 6.07) is 4.37. The molecule has 18 heavy (non-hydrogen) atoms. The molecule has 0 aliphatic heterocycles. The van der Waals surface area contributed by atoms with Gasteiger partial charge in [-0.3, -0.25) is 0 Å². The van der Waals surface area contributed by atoms with Crippen LogP contribution in [-0.2, 0) is 15.4 Å². The van der Waals surface area contributed by atoms with Crippen molar-refractivity contribution in [2.75, 3.05) is 6.26 Å². The number of hydrogen-bond acceptors (Lipinski definition) is 4. The number of rotatable bonds is 2. The smallest absolute Gasteiger partial charge is 0.175 e. The normalized spacial score (nSPS) is 19.7. The molecule has 1 aliphatic carbocycles. The third-order valence-electron chi connectivity index (χ3n) is 3.68. The molecule has 0 bridgehead atoms. The summed E-state index contributed by atoms with van der Waals surface area (Å²) in [5, 5.41) is 9.94. The van der Waals surface area contributed by atoms with Crippen molar-refractivity contribution in [1.29, 1.82) is 0 Å².